The fourth-order valence-electron chi connectivity index (χ4n) is 12.5. The summed E-state index contributed by atoms with van der Waals surface area (Å²) in [4.78, 5) is 74.0. The van der Waals surface area contributed by atoms with Gasteiger partial charge < -0.3 is 49.1 Å². The zero-order chi connectivity index (χ0) is 60.9. The normalized spacial score (nSPS) is 26.4. The highest BCUT2D eigenvalue weighted by Gasteiger charge is 2.77. The van der Waals surface area contributed by atoms with Gasteiger partial charge in [-0.2, -0.15) is 0 Å². The van der Waals surface area contributed by atoms with Crippen molar-refractivity contribution in [3.05, 3.63) is 227 Å². The average molecular weight is 1190 g/mol. The van der Waals surface area contributed by atoms with Crippen molar-refractivity contribution in [1.82, 2.24) is 5.32 Å². The molecule has 450 valence electrons. The minimum absolute atomic E-state index is 0.0329. The average Bonchev–Trinajstić information content (AvgIpc) is 0.691. The Morgan fingerprint density at radius 1 is 0.686 bits per heavy atom. The first-order valence-corrected chi connectivity index (χ1v) is 29.7. The number of rotatable bonds is 21. The number of ketones is 1. The van der Waals surface area contributed by atoms with Crippen LogP contribution < -0.4 is 5.32 Å². The molecule has 3 aliphatic carbocycles. The largest absolute Gasteiger partial charge is 0.509 e. The van der Waals surface area contributed by atoms with Gasteiger partial charge in [-0.05, 0) is 71.5 Å². The van der Waals surface area contributed by atoms with Crippen molar-refractivity contribution in [3.63, 3.8) is 0 Å². The van der Waals surface area contributed by atoms with Crippen molar-refractivity contribution >= 4 is 37.6 Å². The molecule has 1 saturated heterocycles. The number of amides is 1. The monoisotopic (exact) mass is 1190 g/mol. The van der Waals surface area contributed by atoms with Crippen molar-refractivity contribution in [3.8, 4) is 0 Å². The number of phosphoric ester groups is 1. The summed E-state index contributed by atoms with van der Waals surface area (Å²) < 4.78 is 69.0. The first-order chi connectivity index (χ1) is 41.3. The van der Waals surface area contributed by atoms with Crippen LogP contribution in [-0.4, -0.2) is 106 Å². The van der Waals surface area contributed by atoms with E-state index in [1.165, 1.54) is 39.8 Å². The second kappa shape index (κ2) is 25.7. The third-order valence-corrected chi connectivity index (χ3v) is 18.5. The summed E-state index contributed by atoms with van der Waals surface area (Å²) >= 11 is 0. The van der Waals surface area contributed by atoms with Crippen LogP contribution in [0.3, 0.4) is 0 Å². The first kappa shape index (κ1) is 61.4. The number of benzene rings is 6. The van der Waals surface area contributed by atoms with Gasteiger partial charge >= 0.3 is 25.9 Å². The number of esters is 2. The number of aliphatic hydroxyl groups excluding tert-OH is 1. The molecule has 1 amide bonds. The van der Waals surface area contributed by atoms with E-state index in [1.54, 1.807) is 158 Å². The highest BCUT2D eigenvalue weighted by Crippen LogP contribution is 2.64. The molecule has 6 aromatic carbocycles. The van der Waals surface area contributed by atoms with Gasteiger partial charge in [0.05, 0.1) is 43.0 Å². The fraction of sp³-hybridized carbons (Fsp3) is 0.348. The molecule has 4 aliphatic rings. The molecule has 19 nitrogen and oxygen atoms in total. The number of phosphoric acid groups is 1. The topological polar surface area (TPSA) is 258 Å². The number of hydrogen-bond acceptors (Lipinski definition) is 18. The van der Waals surface area contributed by atoms with Crippen LogP contribution in [0, 0.1) is 16.7 Å². The van der Waals surface area contributed by atoms with Crippen LogP contribution in [0.5, 0.6) is 0 Å². The van der Waals surface area contributed by atoms with Crippen LogP contribution in [0.25, 0.3) is 0 Å². The van der Waals surface area contributed by atoms with Gasteiger partial charge in [0.25, 0.3) is 5.91 Å². The summed E-state index contributed by atoms with van der Waals surface area (Å²) in [5.41, 5.74) is -6.08. The van der Waals surface area contributed by atoms with E-state index in [-0.39, 0.29) is 48.5 Å². The summed E-state index contributed by atoms with van der Waals surface area (Å²) in [5, 5.41) is 43.0. The van der Waals surface area contributed by atoms with Crippen LogP contribution in [0.4, 0.5) is 4.79 Å². The van der Waals surface area contributed by atoms with Crippen molar-refractivity contribution in [1.29, 1.82) is 0 Å². The van der Waals surface area contributed by atoms with Gasteiger partial charge in [0.2, 0.25) is 6.10 Å². The number of ether oxygens (including phenoxy) is 6. The van der Waals surface area contributed by atoms with E-state index < -0.39 is 128 Å². The molecule has 2 bridgehead atoms. The quantitative estimate of drug-likeness (QED) is 0.0172. The predicted octanol–water partition coefficient (Wildman–Crippen LogP) is 9.50. The van der Waals surface area contributed by atoms with Crippen molar-refractivity contribution in [2.24, 2.45) is 16.7 Å². The van der Waals surface area contributed by atoms with Gasteiger partial charge in [-0.15, -0.1) is 0 Å². The number of Topliss-reactive ketones (excluding diaryl/α,β-unsaturated/α-hetero) is 1. The minimum atomic E-state index is -4.51. The van der Waals surface area contributed by atoms with Crippen LogP contribution in [0.2, 0.25) is 0 Å². The molecule has 10 unspecified atom stereocenters. The number of fused-ring (bicyclic) bond motifs is 5. The molecule has 3 fully saturated rings. The molecule has 0 radical (unpaired) electrons. The SMILES string of the molecule is CC1=C2C(O)C(=O)[C@]3(C)C(OCOP(=O)(OCc4ccccc4)OCc4ccccc4)CC4OCC4(O)C3C(OC(=O)c3ccccc3)C(O)(CC1OC(=O)C(OC(=O)OCc1ccccc1)C(NC(=O)c1ccccc1)c1ccccc1)C2(C)C. The van der Waals surface area contributed by atoms with Crippen molar-refractivity contribution in [2.45, 2.75) is 114 Å². The highest BCUT2D eigenvalue weighted by molar-refractivity contribution is 7.48. The molecule has 2 saturated carbocycles. The van der Waals surface area contributed by atoms with E-state index in [4.69, 9.17) is 42.0 Å². The molecule has 20 heteroatoms. The van der Waals surface area contributed by atoms with Gasteiger partial charge in [-0.25, -0.2) is 18.9 Å². The number of carbonyl (C=O) groups is 5. The molecule has 6 aromatic rings. The molecule has 0 aromatic heterocycles. The Morgan fingerprint density at radius 2 is 1.20 bits per heavy atom. The van der Waals surface area contributed by atoms with E-state index in [9.17, 15) is 34.3 Å². The molecule has 0 spiro atoms. The molecular weight excluding hydrogens is 1130 g/mol. The highest BCUT2D eigenvalue weighted by atomic mass is 31.2. The second-order valence-corrected chi connectivity index (χ2v) is 24.3. The second-order valence-electron chi connectivity index (χ2n) is 22.7. The maximum absolute atomic E-state index is 16.0. The lowest BCUT2D eigenvalue weighted by Gasteiger charge is -2.67. The lowest BCUT2D eigenvalue weighted by Crippen LogP contribution is -2.81. The summed E-state index contributed by atoms with van der Waals surface area (Å²) in [5.74, 6) is -5.53. The molecule has 11 atom stereocenters. The summed E-state index contributed by atoms with van der Waals surface area (Å²) in [6.07, 6.45) is -12.4. The Hall–Kier alpha value is -7.68. The molecule has 10 rings (SSSR count). The van der Waals surface area contributed by atoms with Gasteiger partial charge in [-0.1, -0.05) is 172 Å². The summed E-state index contributed by atoms with van der Waals surface area (Å²) in [6.45, 7) is 4.10. The van der Waals surface area contributed by atoms with Gasteiger partial charge in [0.15, 0.2) is 12.6 Å². The van der Waals surface area contributed by atoms with E-state index in [1.807, 2.05) is 12.1 Å². The van der Waals surface area contributed by atoms with Crippen LogP contribution in [0.15, 0.2) is 193 Å². The lowest BCUT2D eigenvalue weighted by molar-refractivity contribution is -0.349. The number of hydrogen-bond donors (Lipinski definition) is 4. The zero-order valence-corrected chi connectivity index (χ0v) is 48.7. The first-order valence-electron chi connectivity index (χ1n) is 28.2. The van der Waals surface area contributed by atoms with E-state index in [2.05, 4.69) is 5.32 Å². The van der Waals surface area contributed by atoms with Gasteiger partial charge in [0.1, 0.15) is 42.2 Å². The van der Waals surface area contributed by atoms with Crippen LogP contribution >= 0.6 is 7.82 Å². The van der Waals surface area contributed by atoms with Gasteiger partial charge in [-0.3, -0.25) is 23.2 Å². The Kier molecular flexibility index (Phi) is 18.4. The lowest BCUT2D eigenvalue weighted by atomic mass is 9.44. The molecule has 86 heavy (non-hydrogen) atoms. The summed E-state index contributed by atoms with van der Waals surface area (Å²) in [6, 6.07) is 49.2. The Labute approximate surface area is 497 Å². The third kappa shape index (κ3) is 12.5. The number of nitrogens with one attached hydrogen (secondary N) is 1. The maximum atomic E-state index is 16.0. The Balaban J connectivity index is 1.03. The van der Waals surface area contributed by atoms with E-state index >= 15 is 9.59 Å². The minimum Gasteiger partial charge on any atom is -0.455 e. The maximum Gasteiger partial charge on any atom is 0.509 e. The standard InChI is InChI=1S/C66H68NO18P/c1-42-49(83-61(72)55(84-62(73)77-37-43-23-11-5-12-24-43)53(46-29-17-8-18-30-46)67-59(70)47-31-19-9-20-32-47)36-66(75)58(85-60(71)48-33-21-10-22-34-48)56-64(4,57(69)54(68)52(42)63(66,2)3)50(35-51-65(56,74)40-78-51)79-41-82-86(76,80-38-44-25-13-6-14-26-44)81-39-45-27-15-7-16-28-45/h5-34,49-51,53-56,58,68,74-75H,35-41H2,1-4H3,(H,67,70)/t49?,50?,51?,53?,54?,55?,56?,58?,64-,65?,66?/m1/s1. The summed E-state index contributed by atoms with van der Waals surface area (Å²) in [7, 11) is -4.51. The van der Waals surface area contributed by atoms with E-state index in [0.717, 1.165) is 0 Å². The molecule has 1 aliphatic heterocycles. The van der Waals surface area contributed by atoms with Crippen molar-refractivity contribution in [2.75, 3.05) is 13.4 Å². The number of aliphatic hydroxyl groups is 3. The Bertz CT molecular complexity index is 3400. The fourth-order valence-corrected chi connectivity index (χ4v) is 13.5. The number of carbonyl (C=O) groups excluding carboxylic acids is 5. The van der Waals surface area contributed by atoms with Crippen molar-refractivity contribution < 1.29 is 85.8 Å². The van der Waals surface area contributed by atoms with E-state index in [0.29, 0.717) is 22.3 Å². The third-order valence-electron chi connectivity index (χ3n) is 17.2. The Morgan fingerprint density at radius 3 is 1.73 bits per heavy atom. The molecule has 1 heterocycles. The van der Waals surface area contributed by atoms with Crippen LogP contribution in [0.1, 0.15) is 89.5 Å². The molecular formula is C66H68NO18P. The molecule has 4 N–H and O–H groups in total. The zero-order valence-electron chi connectivity index (χ0n) is 47.8. The predicted molar refractivity (Wildman–Crippen MR) is 309 cm³/mol. The van der Waals surface area contributed by atoms with Crippen LogP contribution in [-0.2, 0) is 76.0 Å². The smallest absolute Gasteiger partial charge is 0.455 e. The van der Waals surface area contributed by atoms with Gasteiger partial charge in [0, 0.05) is 29.7 Å².